The Hall–Kier alpha value is -2.53. The van der Waals surface area contributed by atoms with E-state index in [-0.39, 0.29) is 5.91 Å². The second-order valence-corrected chi connectivity index (χ2v) is 7.18. The van der Waals surface area contributed by atoms with Crippen molar-refractivity contribution in [2.24, 2.45) is 0 Å². The summed E-state index contributed by atoms with van der Waals surface area (Å²) < 4.78 is 5.50. The summed E-state index contributed by atoms with van der Waals surface area (Å²) in [5.41, 5.74) is 4.41. The van der Waals surface area contributed by atoms with Crippen molar-refractivity contribution in [3.05, 3.63) is 59.7 Å². The van der Waals surface area contributed by atoms with E-state index in [1.807, 2.05) is 36.1 Å². The number of carbonyl (C=O) groups excluding carboxylic acids is 1. The van der Waals surface area contributed by atoms with Gasteiger partial charge in [-0.25, -0.2) is 0 Å². The molecule has 0 N–H and O–H groups in total. The van der Waals surface area contributed by atoms with Crippen LogP contribution in [0.4, 0.5) is 11.4 Å². The first kappa shape index (κ1) is 17.9. The van der Waals surface area contributed by atoms with E-state index in [0.717, 1.165) is 63.6 Å². The first-order valence-corrected chi connectivity index (χ1v) is 9.75. The molecular formula is C22H27N3O2. The maximum Gasteiger partial charge on any atom is 0.254 e. The van der Waals surface area contributed by atoms with Crippen molar-refractivity contribution in [3.8, 4) is 0 Å². The van der Waals surface area contributed by atoms with Crippen LogP contribution in [0, 0.1) is 6.92 Å². The molecule has 0 radical (unpaired) electrons. The van der Waals surface area contributed by atoms with Crippen molar-refractivity contribution < 1.29 is 9.53 Å². The lowest BCUT2D eigenvalue weighted by atomic mass is 10.1. The molecule has 2 aromatic carbocycles. The molecule has 4 rings (SSSR count). The zero-order valence-electron chi connectivity index (χ0n) is 15.9. The summed E-state index contributed by atoms with van der Waals surface area (Å²) >= 11 is 0. The topological polar surface area (TPSA) is 36.0 Å². The van der Waals surface area contributed by atoms with Crippen molar-refractivity contribution in [2.75, 3.05) is 62.3 Å². The summed E-state index contributed by atoms with van der Waals surface area (Å²) in [5, 5.41) is 0. The molecule has 2 aromatic rings. The zero-order valence-corrected chi connectivity index (χ0v) is 15.9. The normalized spacial score (nSPS) is 17.9. The van der Waals surface area contributed by atoms with Gasteiger partial charge in [0.25, 0.3) is 5.91 Å². The summed E-state index contributed by atoms with van der Waals surface area (Å²) in [5.74, 6) is 0.147. The molecule has 0 saturated carbocycles. The third-order valence-electron chi connectivity index (χ3n) is 5.52. The van der Waals surface area contributed by atoms with Gasteiger partial charge in [0.2, 0.25) is 0 Å². The minimum atomic E-state index is 0.147. The van der Waals surface area contributed by atoms with Gasteiger partial charge in [-0.15, -0.1) is 0 Å². The minimum Gasteiger partial charge on any atom is -0.378 e. The SMILES string of the molecule is Cc1ccccc1C(=O)N1CCN(c2ccccc2N2CCOCC2)CC1. The smallest absolute Gasteiger partial charge is 0.254 e. The quantitative estimate of drug-likeness (QED) is 0.838. The van der Waals surface area contributed by atoms with Gasteiger partial charge in [0.1, 0.15) is 0 Å². The predicted octanol–water partition coefficient (Wildman–Crippen LogP) is 2.79. The Morgan fingerprint density at radius 3 is 1.96 bits per heavy atom. The van der Waals surface area contributed by atoms with Gasteiger partial charge in [-0.05, 0) is 30.7 Å². The van der Waals surface area contributed by atoms with Gasteiger partial charge in [-0.2, -0.15) is 0 Å². The molecular weight excluding hydrogens is 338 g/mol. The highest BCUT2D eigenvalue weighted by Gasteiger charge is 2.25. The predicted molar refractivity (Wildman–Crippen MR) is 109 cm³/mol. The van der Waals surface area contributed by atoms with Crippen LogP contribution in [0.3, 0.4) is 0 Å². The highest BCUT2D eigenvalue weighted by molar-refractivity contribution is 5.95. The molecule has 5 nitrogen and oxygen atoms in total. The van der Waals surface area contributed by atoms with Crippen LogP contribution in [0.1, 0.15) is 15.9 Å². The van der Waals surface area contributed by atoms with Gasteiger partial charge < -0.3 is 19.4 Å². The molecule has 0 aromatic heterocycles. The number of nitrogens with zero attached hydrogens (tertiary/aromatic N) is 3. The van der Waals surface area contributed by atoms with E-state index in [2.05, 4.69) is 34.1 Å². The Bertz CT molecular complexity index is 794. The van der Waals surface area contributed by atoms with Crippen LogP contribution < -0.4 is 9.80 Å². The summed E-state index contributed by atoms with van der Waals surface area (Å²) in [7, 11) is 0. The monoisotopic (exact) mass is 365 g/mol. The Labute approximate surface area is 161 Å². The Kier molecular flexibility index (Phi) is 5.30. The fourth-order valence-electron chi connectivity index (χ4n) is 3.94. The Morgan fingerprint density at radius 1 is 0.778 bits per heavy atom. The number of hydrogen-bond acceptors (Lipinski definition) is 4. The summed E-state index contributed by atoms with van der Waals surface area (Å²) in [6.45, 7) is 8.67. The van der Waals surface area contributed by atoms with E-state index in [4.69, 9.17) is 4.74 Å². The lowest BCUT2D eigenvalue weighted by molar-refractivity contribution is 0.0746. The number of hydrogen-bond donors (Lipinski definition) is 0. The summed E-state index contributed by atoms with van der Waals surface area (Å²) in [6.07, 6.45) is 0. The molecule has 0 aliphatic carbocycles. The lowest BCUT2D eigenvalue weighted by Crippen LogP contribution is -2.49. The van der Waals surface area contributed by atoms with Gasteiger partial charge in [-0.1, -0.05) is 30.3 Å². The molecule has 0 atom stereocenters. The average Bonchev–Trinajstić information content (AvgIpc) is 2.74. The van der Waals surface area contributed by atoms with Gasteiger partial charge in [0.15, 0.2) is 0 Å². The number of piperazine rings is 1. The summed E-state index contributed by atoms with van der Waals surface area (Å²) in [6, 6.07) is 16.5. The molecule has 2 heterocycles. The van der Waals surface area contributed by atoms with Crippen LogP contribution in [-0.4, -0.2) is 63.3 Å². The molecule has 5 heteroatoms. The highest BCUT2D eigenvalue weighted by Crippen LogP contribution is 2.30. The molecule has 0 bridgehead atoms. The fourth-order valence-corrected chi connectivity index (χ4v) is 3.94. The van der Waals surface area contributed by atoms with Crippen molar-refractivity contribution in [1.29, 1.82) is 0 Å². The van der Waals surface area contributed by atoms with Gasteiger partial charge in [-0.3, -0.25) is 4.79 Å². The number of ether oxygens (including phenoxy) is 1. The molecule has 0 unspecified atom stereocenters. The van der Waals surface area contributed by atoms with E-state index in [1.165, 1.54) is 11.4 Å². The van der Waals surface area contributed by atoms with Crippen LogP contribution in [0.25, 0.3) is 0 Å². The van der Waals surface area contributed by atoms with Crippen molar-refractivity contribution in [2.45, 2.75) is 6.92 Å². The van der Waals surface area contributed by atoms with Crippen LogP contribution >= 0.6 is 0 Å². The third-order valence-corrected chi connectivity index (χ3v) is 5.52. The van der Waals surface area contributed by atoms with E-state index in [1.54, 1.807) is 0 Å². The number of para-hydroxylation sites is 2. The van der Waals surface area contributed by atoms with E-state index in [9.17, 15) is 4.79 Å². The minimum absolute atomic E-state index is 0.147. The molecule has 0 spiro atoms. The maximum atomic E-state index is 12.9. The largest absolute Gasteiger partial charge is 0.378 e. The van der Waals surface area contributed by atoms with E-state index in [0.29, 0.717) is 0 Å². The number of rotatable bonds is 3. The Morgan fingerprint density at radius 2 is 1.33 bits per heavy atom. The number of carbonyl (C=O) groups is 1. The van der Waals surface area contributed by atoms with Crippen LogP contribution in [-0.2, 0) is 4.74 Å². The molecule has 2 fully saturated rings. The number of amides is 1. The molecule has 142 valence electrons. The van der Waals surface area contributed by atoms with Gasteiger partial charge in [0.05, 0.1) is 24.6 Å². The molecule has 2 saturated heterocycles. The van der Waals surface area contributed by atoms with Crippen molar-refractivity contribution >= 4 is 17.3 Å². The first-order chi connectivity index (χ1) is 13.2. The van der Waals surface area contributed by atoms with Crippen LogP contribution in [0.15, 0.2) is 48.5 Å². The second kappa shape index (κ2) is 8.01. The number of morpholine rings is 1. The third kappa shape index (κ3) is 3.78. The molecule has 27 heavy (non-hydrogen) atoms. The van der Waals surface area contributed by atoms with Crippen LogP contribution in [0.2, 0.25) is 0 Å². The first-order valence-electron chi connectivity index (χ1n) is 9.75. The molecule has 1 amide bonds. The van der Waals surface area contributed by atoms with Crippen molar-refractivity contribution in [3.63, 3.8) is 0 Å². The highest BCUT2D eigenvalue weighted by atomic mass is 16.5. The number of anilines is 2. The molecule has 2 aliphatic heterocycles. The standard InChI is InChI=1S/C22H27N3O2/c1-18-6-2-3-7-19(18)22(26)25-12-10-23(11-13-25)20-8-4-5-9-21(20)24-14-16-27-17-15-24/h2-9H,10-17H2,1H3. The van der Waals surface area contributed by atoms with Gasteiger partial charge >= 0.3 is 0 Å². The fraction of sp³-hybridized carbons (Fsp3) is 0.409. The van der Waals surface area contributed by atoms with Crippen molar-refractivity contribution in [1.82, 2.24) is 4.90 Å². The number of benzene rings is 2. The molecule has 2 aliphatic rings. The maximum absolute atomic E-state index is 12.9. The summed E-state index contributed by atoms with van der Waals surface area (Å²) in [4.78, 5) is 19.7. The Balaban J connectivity index is 1.45. The second-order valence-electron chi connectivity index (χ2n) is 7.18. The van der Waals surface area contributed by atoms with Crippen LogP contribution in [0.5, 0.6) is 0 Å². The van der Waals surface area contributed by atoms with Gasteiger partial charge in [0, 0.05) is 44.8 Å². The lowest BCUT2D eigenvalue weighted by Gasteiger charge is -2.39. The zero-order chi connectivity index (χ0) is 18.6. The van der Waals surface area contributed by atoms with E-state index < -0.39 is 0 Å². The number of aryl methyl sites for hydroxylation is 1. The van der Waals surface area contributed by atoms with E-state index >= 15 is 0 Å². The average molecular weight is 365 g/mol.